The van der Waals surface area contributed by atoms with Crippen molar-refractivity contribution in [2.24, 2.45) is 0 Å². The number of nitrogens with zero attached hydrogens (tertiary/aromatic N) is 1. The van der Waals surface area contributed by atoms with Gasteiger partial charge in [0, 0.05) is 11.4 Å². The summed E-state index contributed by atoms with van der Waals surface area (Å²) in [7, 11) is 0. The van der Waals surface area contributed by atoms with Gasteiger partial charge in [-0.2, -0.15) is 0 Å². The molecule has 2 rings (SSSR count). The molecule has 1 aliphatic carbocycles. The predicted octanol–water partition coefficient (Wildman–Crippen LogP) is 4.63. The first kappa shape index (κ1) is 15.2. The fourth-order valence-corrected chi connectivity index (χ4v) is 3.09. The van der Waals surface area contributed by atoms with Crippen molar-refractivity contribution in [3.8, 4) is 0 Å². The fraction of sp³-hybridized carbons (Fsp3) is 0.611. The maximum absolute atomic E-state index is 4.51. The molecule has 0 spiro atoms. The Morgan fingerprint density at radius 3 is 2.60 bits per heavy atom. The van der Waals surface area contributed by atoms with Crippen molar-refractivity contribution >= 4 is 0 Å². The monoisotopic (exact) mass is 272 g/mol. The zero-order valence-corrected chi connectivity index (χ0v) is 13.2. The molecule has 1 N–H and O–H groups in total. The van der Waals surface area contributed by atoms with Crippen LogP contribution in [0.15, 0.2) is 23.8 Å². The Balaban J connectivity index is 2.27. The number of aromatic nitrogens is 1. The second-order valence-corrected chi connectivity index (χ2v) is 5.95. The summed E-state index contributed by atoms with van der Waals surface area (Å²) in [4.78, 5) is 4.51. The molecule has 1 aromatic rings. The van der Waals surface area contributed by atoms with Crippen LogP contribution in [0.4, 0.5) is 0 Å². The number of hydrogen-bond acceptors (Lipinski definition) is 2. The fourth-order valence-electron chi connectivity index (χ4n) is 3.09. The lowest BCUT2D eigenvalue weighted by Crippen LogP contribution is -2.24. The molecule has 1 atom stereocenters. The lowest BCUT2D eigenvalue weighted by molar-refractivity contribution is 0.566. The van der Waals surface area contributed by atoms with E-state index in [1.54, 1.807) is 5.57 Å². The third-order valence-electron chi connectivity index (χ3n) is 3.98. The molecular weight excluding hydrogens is 244 g/mol. The number of pyridine rings is 1. The predicted molar refractivity (Wildman–Crippen MR) is 85.9 cm³/mol. The molecule has 1 heterocycles. The Morgan fingerprint density at radius 1 is 1.15 bits per heavy atom. The molecule has 0 amide bonds. The molecular formula is C18H28N2. The first-order valence-corrected chi connectivity index (χ1v) is 8.08. The van der Waals surface area contributed by atoms with E-state index in [2.05, 4.69) is 49.3 Å². The molecule has 0 saturated heterocycles. The molecule has 2 heteroatoms. The quantitative estimate of drug-likeness (QED) is 0.790. The molecule has 1 aromatic heterocycles. The highest BCUT2D eigenvalue weighted by atomic mass is 14.9. The molecule has 0 fully saturated rings. The summed E-state index contributed by atoms with van der Waals surface area (Å²) in [5.74, 6) is 0. The van der Waals surface area contributed by atoms with Gasteiger partial charge in [0.05, 0.1) is 6.04 Å². The first-order valence-electron chi connectivity index (χ1n) is 8.08. The van der Waals surface area contributed by atoms with Crippen LogP contribution in [0.1, 0.15) is 68.4 Å². The van der Waals surface area contributed by atoms with Crippen LogP contribution in [-0.4, -0.2) is 11.5 Å². The molecule has 0 saturated carbocycles. The molecule has 1 unspecified atom stereocenters. The van der Waals surface area contributed by atoms with Crippen LogP contribution >= 0.6 is 0 Å². The Labute approximate surface area is 123 Å². The van der Waals surface area contributed by atoms with E-state index in [1.165, 1.54) is 44.1 Å². The van der Waals surface area contributed by atoms with Crippen molar-refractivity contribution in [3.63, 3.8) is 0 Å². The molecule has 1 aliphatic rings. The summed E-state index contributed by atoms with van der Waals surface area (Å²) in [5, 5.41) is 3.74. The summed E-state index contributed by atoms with van der Waals surface area (Å²) in [6.07, 6.45) is 10.2. The highest BCUT2D eigenvalue weighted by Gasteiger charge is 2.17. The summed E-state index contributed by atoms with van der Waals surface area (Å²) >= 11 is 0. The maximum Gasteiger partial charge on any atom is 0.0537 e. The molecule has 0 radical (unpaired) electrons. The minimum absolute atomic E-state index is 0.383. The van der Waals surface area contributed by atoms with Gasteiger partial charge in [-0.3, -0.25) is 4.98 Å². The highest BCUT2D eigenvalue weighted by Crippen LogP contribution is 2.29. The number of aryl methyl sites for hydroxylation is 2. The van der Waals surface area contributed by atoms with Gasteiger partial charge in [0.15, 0.2) is 0 Å². The van der Waals surface area contributed by atoms with Crippen molar-refractivity contribution in [1.82, 2.24) is 10.3 Å². The lowest BCUT2D eigenvalue weighted by atomic mass is 9.94. The second-order valence-electron chi connectivity index (χ2n) is 5.95. The Morgan fingerprint density at radius 2 is 1.90 bits per heavy atom. The van der Waals surface area contributed by atoms with E-state index in [-0.39, 0.29) is 0 Å². The van der Waals surface area contributed by atoms with Gasteiger partial charge in [-0.15, -0.1) is 0 Å². The van der Waals surface area contributed by atoms with Crippen LogP contribution in [0.2, 0.25) is 0 Å². The minimum atomic E-state index is 0.383. The third-order valence-corrected chi connectivity index (χ3v) is 3.98. The summed E-state index contributed by atoms with van der Waals surface area (Å²) < 4.78 is 0. The Kier molecular flexibility index (Phi) is 5.78. The van der Waals surface area contributed by atoms with Crippen molar-refractivity contribution in [1.29, 1.82) is 0 Å². The van der Waals surface area contributed by atoms with E-state index < -0.39 is 0 Å². The summed E-state index contributed by atoms with van der Waals surface area (Å²) in [6, 6.07) is 4.87. The average Bonchev–Trinajstić information content (AvgIpc) is 2.67. The van der Waals surface area contributed by atoms with E-state index in [9.17, 15) is 0 Å². The average molecular weight is 272 g/mol. The van der Waals surface area contributed by atoms with E-state index in [4.69, 9.17) is 0 Å². The van der Waals surface area contributed by atoms with Crippen molar-refractivity contribution in [2.45, 2.75) is 65.3 Å². The van der Waals surface area contributed by atoms with Gasteiger partial charge in [-0.25, -0.2) is 0 Å². The van der Waals surface area contributed by atoms with Gasteiger partial charge in [-0.1, -0.05) is 25.0 Å². The molecule has 0 bridgehead atoms. The zero-order valence-electron chi connectivity index (χ0n) is 13.2. The number of rotatable bonds is 5. The van der Waals surface area contributed by atoms with Crippen LogP contribution in [0, 0.1) is 13.8 Å². The highest BCUT2D eigenvalue weighted by molar-refractivity contribution is 5.31. The van der Waals surface area contributed by atoms with Crippen LogP contribution < -0.4 is 5.32 Å². The van der Waals surface area contributed by atoms with E-state index in [0.29, 0.717) is 6.04 Å². The zero-order chi connectivity index (χ0) is 14.4. The molecule has 2 nitrogen and oxygen atoms in total. The SMILES string of the molecule is CCCNC(C1=CCCCCC1)c1cc(C)nc(C)c1. The first-order chi connectivity index (χ1) is 9.70. The topological polar surface area (TPSA) is 24.9 Å². The summed E-state index contributed by atoms with van der Waals surface area (Å²) in [6.45, 7) is 7.49. The van der Waals surface area contributed by atoms with Crippen molar-refractivity contribution < 1.29 is 0 Å². The maximum atomic E-state index is 4.51. The van der Waals surface area contributed by atoms with E-state index in [1.807, 2.05) is 0 Å². The van der Waals surface area contributed by atoms with Gasteiger partial charge in [0.25, 0.3) is 0 Å². The molecule has 0 aliphatic heterocycles. The Hall–Kier alpha value is -1.15. The number of allylic oxidation sites excluding steroid dienone is 1. The van der Waals surface area contributed by atoms with E-state index >= 15 is 0 Å². The van der Waals surface area contributed by atoms with Gasteiger partial charge >= 0.3 is 0 Å². The second kappa shape index (κ2) is 7.58. The van der Waals surface area contributed by atoms with Gasteiger partial charge in [-0.05, 0) is 70.2 Å². The smallest absolute Gasteiger partial charge is 0.0537 e. The Bertz CT molecular complexity index is 442. The van der Waals surface area contributed by atoms with Gasteiger partial charge < -0.3 is 5.32 Å². The minimum Gasteiger partial charge on any atom is -0.307 e. The molecule has 0 aromatic carbocycles. The lowest BCUT2D eigenvalue weighted by Gasteiger charge is -2.23. The molecule has 110 valence electrons. The normalized spacial score (nSPS) is 17.4. The third kappa shape index (κ3) is 4.17. The van der Waals surface area contributed by atoms with E-state index in [0.717, 1.165) is 17.9 Å². The van der Waals surface area contributed by atoms with Gasteiger partial charge in [0.2, 0.25) is 0 Å². The van der Waals surface area contributed by atoms with Crippen molar-refractivity contribution in [2.75, 3.05) is 6.54 Å². The van der Waals surface area contributed by atoms with Gasteiger partial charge in [0.1, 0.15) is 0 Å². The summed E-state index contributed by atoms with van der Waals surface area (Å²) in [5.41, 5.74) is 5.22. The largest absolute Gasteiger partial charge is 0.307 e. The number of hydrogen-bond donors (Lipinski definition) is 1. The van der Waals surface area contributed by atoms with Crippen molar-refractivity contribution in [3.05, 3.63) is 40.7 Å². The molecule has 20 heavy (non-hydrogen) atoms. The number of nitrogens with one attached hydrogen (secondary N) is 1. The standard InChI is InChI=1S/C18H28N2/c1-4-11-19-18(16-9-7-5-6-8-10-16)17-12-14(2)20-15(3)13-17/h9,12-13,18-19H,4-8,10-11H2,1-3H3. The van der Waals surface area contributed by atoms with Crippen LogP contribution in [-0.2, 0) is 0 Å². The van der Waals surface area contributed by atoms with Crippen LogP contribution in [0.25, 0.3) is 0 Å². The van der Waals surface area contributed by atoms with Crippen LogP contribution in [0.3, 0.4) is 0 Å². The van der Waals surface area contributed by atoms with Crippen LogP contribution in [0.5, 0.6) is 0 Å².